The molecule has 4 aliphatic rings. The number of allylic oxidation sites excluding steroid dienone is 1. The maximum absolute atomic E-state index is 6.53. The third kappa shape index (κ3) is 3.67. The maximum Gasteiger partial charge on any atom is 0.184 e. The fourth-order valence-electron chi connectivity index (χ4n) is 8.12. The molecule has 3 saturated carbocycles. The zero-order valence-corrected chi connectivity index (χ0v) is 20.9. The van der Waals surface area contributed by atoms with Crippen LogP contribution in [0.4, 0.5) is 0 Å². The second-order valence-electron chi connectivity index (χ2n) is 11.9. The van der Waals surface area contributed by atoms with Gasteiger partial charge in [-0.3, -0.25) is 0 Å². The van der Waals surface area contributed by atoms with Crippen LogP contribution < -0.4 is 0 Å². The molecule has 4 heteroatoms. The molecule has 0 heterocycles. The van der Waals surface area contributed by atoms with E-state index in [1.807, 2.05) is 0 Å². The number of rotatable bonds is 4. The fraction of sp³-hybridized carbons (Fsp3) is 0.880. The molecule has 0 saturated heterocycles. The molecule has 7 atom stereocenters. The Kier molecular flexibility index (Phi) is 5.60. The Morgan fingerprint density at radius 1 is 1.07 bits per heavy atom. The van der Waals surface area contributed by atoms with Gasteiger partial charge in [0.2, 0.25) is 0 Å². The molecule has 0 spiro atoms. The first-order valence-corrected chi connectivity index (χ1v) is 15.4. The van der Waals surface area contributed by atoms with Crippen molar-refractivity contribution in [1.82, 2.24) is 0 Å². The average molecular weight is 418 g/mol. The van der Waals surface area contributed by atoms with E-state index in [1.165, 1.54) is 57.1 Å². The standard InChI is InChI=1S/C25H43NO2Si/c1-17(26-27-4)21-10-11-22-20-9-8-18-16-19(28-29(5,6)7)12-14-24(18,2)23(20)13-15-25(21,22)3/h8,19-23H,9-16H2,1-7H3/b26-17+/t19-,20-,21+,22-,23-,24-,25+/m0/s1. The highest BCUT2D eigenvalue weighted by atomic mass is 28.4. The maximum atomic E-state index is 6.53. The molecule has 0 aromatic carbocycles. The molecule has 0 bridgehead atoms. The fourth-order valence-corrected chi connectivity index (χ4v) is 9.32. The van der Waals surface area contributed by atoms with E-state index in [0.717, 1.165) is 17.8 Å². The number of fused-ring (bicyclic) bond motifs is 5. The normalized spacial score (nSPS) is 45.1. The van der Waals surface area contributed by atoms with E-state index in [9.17, 15) is 0 Å². The minimum absolute atomic E-state index is 0.410. The summed E-state index contributed by atoms with van der Waals surface area (Å²) >= 11 is 0. The van der Waals surface area contributed by atoms with Crippen molar-refractivity contribution in [3.63, 3.8) is 0 Å². The quantitative estimate of drug-likeness (QED) is 0.218. The summed E-state index contributed by atoms with van der Waals surface area (Å²) in [6.45, 7) is 14.4. The van der Waals surface area contributed by atoms with Crippen molar-refractivity contribution < 1.29 is 9.26 Å². The Balaban J connectivity index is 1.55. The number of nitrogens with zero attached hydrogens (tertiary/aromatic N) is 1. The van der Waals surface area contributed by atoms with Gasteiger partial charge in [0.05, 0.1) is 5.71 Å². The van der Waals surface area contributed by atoms with Gasteiger partial charge in [-0.2, -0.15) is 0 Å². The van der Waals surface area contributed by atoms with E-state index in [1.54, 1.807) is 12.7 Å². The third-order valence-corrected chi connectivity index (χ3v) is 10.4. The molecule has 29 heavy (non-hydrogen) atoms. The Bertz CT molecular complexity index is 695. The molecule has 3 nitrogen and oxygen atoms in total. The molecule has 3 fully saturated rings. The van der Waals surface area contributed by atoms with Gasteiger partial charge in [0.1, 0.15) is 7.11 Å². The predicted molar refractivity (Wildman–Crippen MR) is 124 cm³/mol. The molecule has 4 rings (SSSR count). The summed E-state index contributed by atoms with van der Waals surface area (Å²) in [5.74, 6) is 3.18. The summed E-state index contributed by atoms with van der Waals surface area (Å²) in [6.07, 6.45) is 13.6. The monoisotopic (exact) mass is 417 g/mol. The summed E-state index contributed by atoms with van der Waals surface area (Å²) in [5, 5.41) is 4.36. The molecule has 164 valence electrons. The van der Waals surface area contributed by atoms with Crippen LogP contribution in [-0.2, 0) is 9.26 Å². The third-order valence-electron chi connectivity index (χ3n) is 9.32. The minimum Gasteiger partial charge on any atom is -0.414 e. The summed E-state index contributed by atoms with van der Waals surface area (Å²) < 4.78 is 6.53. The van der Waals surface area contributed by atoms with Crippen molar-refractivity contribution in [2.45, 2.75) is 97.9 Å². The van der Waals surface area contributed by atoms with Crippen LogP contribution in [0.3, 0.4) is 0 Å². The Labute approximate surface area is 179 Å². The average Bonchev–Trinajstić information content (AvgIpc) is 2.98. The topological polar surface area (TPSA) is 30.8 Å². The highest BCUT2D eigenvalue weighted by molar-refractivity contribution is 6.69. The Hall–Kier alpha value is -0.613. The molecule has 0 radical (unpaired) electrons. The van der Waals surface area contributed by atoms with E-state index in [-0.39, 0.29) is 0 Å². The summed E-state index contributed by atoms with van der Waals surface area (Å²) in [5.41, 5.74) is 3.78. The summed E-state index contributed by atoms with van der Waals surface area (Å²) in [6, 6.07) is 0. The summed E-state index contributed by atoms with van der Waals surface area (Å²) in [4.78, 5) is 5.15. The molecular formula is C25H43NO2Si. The zero-order valence-electron chi connectivity index (χ0n) is 19.9. The van der Waals surface area contributed by atoms with Gasteiger partial charge in [0, 0.05) is 12.0 Å². The molecule has 0 unspecified atom stereocenters. The van der Waals surface area contributed by atoms with Crippen molar-refractivity contribution in [2.24, 2.45) is 39.7 Å². The number of hydrogen-bond donors (Lipinski definition) is 0. The first-order valence-electron chi connectivity index (χ1n) is 12.0. The molecule has 0 aliphatic heterocycles. The van der Waals surface area contributed by atoms with Gasteiger partial charge in [-0.1, -0.05) is 30.7 Å². The van der Waals surface area contributed by atoms with E-state index in [0.29, 0.717) is 22.9 Å². The van der Waals surface area contributed by atoms with Crippen molar-refractivity contribution in [3.05, 3.63) is 11.6 Å². The second-order valence-corrected chi connectivity index (χ2v) is 16.4. The van der Waals surface area contributed by atoms with Gasteiger partial charge >= 0.3 is 0 Å². The van der Waals surface area contributed by atoms with E-state index < -0.39 is 8.32 Å². The lowest BCUT2D eigenvalue weighted by molar-refractivity contribution is -0.0412. The molecule has 0 aromatic heterocycles. The largest absolute Gasteiger partial charge is 0.414 e. The lowest BCUT2D eigenvalue weighted by atomic mass is 9.47. The molecular weight excluding hydrogens is 374 g/mol. The van der Waals surface area contributed by atoms with Gasteiger partial charge in [-0.25, -0.2) is 0 Å². The highest BCUT2D eigenvalue weighted by Gasteiger charge is 2.59. The van der Waals surface area contributed by atoms with Crippen molar-refractivity contribution in [1.29, 1.82) is 0 Å². The number of hydrogen-bond acceptors (Lipinski definition) is 3. The SMILES string of the molecule is CO/N=C(\C)[C@H]1CC[C@H]2[C@@H]3CC=C4C[C@@H](O[Si](C)(C)C)CC[C@]4(C)[C@H]3CC[C@]12C. The molecule has 0 N–H and O–H groups in total. The van der Waals surface area contributed by atoms with Crippen molar-refractivity contribution in [3.8, 4) is 0 Å². The first-order chi connectivity index (χ1) is 13.6. The van der Waals surface area contributed by atoms with Gasteiger partial charge in [0.15, 0.2) is 8.32 Å². The van der Waals surface area contributed by atoms with Gasteiger partial charge in [-0.05, 0) is 107 Å². The van der Waals surface area contributed by atoms with E-state index in [4.69, 9.17) is 9.26 Å². The number of oxime groups is 1. The molecule has 0 aromatic rings. The molecule has 0 amide bonds. The minimum atomic E-state index is -1.46. The van der Waals surface area contributed by atoms with Crippen LogP contribution in [-0.4, -0.2) is 27.2 Å². The lowest BCUT2D eigenvalue weighted by Gasteiger charge is -2.58. The van der Waals surface area contributed by atoms with Crippen LogP contribution in [0.5, 0.6) is 0 Å². The Morgan fingerprint density at radius 2 is 1.83 bits per heavy atom. The predicted octanol–water partition coefficient (Wildman–Crippen LogP) is 6.81. The van der Waals surface area contributed by atoms with Crippen LogP contribution in [0.15, 0.2) is 16.8 Å². The highest BCUT2D eigenvalue weighted by Crippen LogP contribution is 2.66. The van der Waals surface area contributed by atoms with Gasteiger partial charge in [0.25, 0.3) is 0 Å². The van der Waals surface area contributed by atoms with Crippen LogP contribution >= 0.6 is 0 Å². The van der Waals surface area contributed by atoms with Crippen LogP contribution in [0, 0.1) is 34.5 Å². The lowest BCUT2D eigenvalue weighted by Crippen LogP contribution is -2.51. The van der Waals surface area contributed by atoms with Gasteiger partial charge in [-0.15, -0.1) is 0 Å². The van der Waals surface area contributed by atoms with Gasteiger partial charge < -0.3 is 9.26 Å². The van der Waals surface area contributed by atoms with E-state index in [2.05, 4.69) is 51.6 Å². The van der Waals surface area contributed by atoms with Crippen LogP contribution in [0.1, 0.15) is 72.1 Å². The first kappa shape index (κ1) is 21.6. The van der Waals surface area contributed by atoms with E-state index >= 15 is 0 Å². The van der Waals surface area contributed by atoms with Crippen LogP contribution in [0.25, 0.3) is 0 Å². The Morgan fingerprint density at radius 3 is 2.52 bits per heavy atom. The smallest absolute Gasteiger partial charge is 0.184 e. The van der Waals surface area contributed by atoms with Crippen LogP contribution in [0.2, 0.25) is 19.6 Å². The van der Waals surface area contributed by atoms with Crippen molar-refractivity contribution >= 4 is 14.0 Å². The summed E-state index contributed by atoms with van der Waals surface area (Å²) in [7, 11) is 0.224. The van der Waals surface area contributed by atoms with Crippen molar-refractivity contribution in [2.75, 3.05) is 7.11 Å². The second kappa shape index (κ2) is 7.51. The molecule has 4 aliphatic carbocycles. The zero-order chi connectivity index (χ0) is 21.0.